The zero-order valence-electron chi connectivity index (χ0n) is 24.3. The number of likely N-dealkylation sites (tertiary alicyclic amines) is 1. The van der Waals surface area contributed by atoms with Gasteiger partial charge in [-0.1, -0.05) is 30.8 Å². The van der Waals surface area contributed by atoms with Crippen LogP contribution in [-0.2, 0) is 16.0 Å². The molecule has 1 aromatic carbocycles. The van der Waals surface area contributed by atoms with Crippen LogP contribution < -0.4 is 10.6 Å². The van der Waals surface area contributed by atoms with Crippen molar-refractivity contribution in [1.29, 1.82) is 5.26 Å². The molecule has 0 aromatic heterocycles. The van der Waals surface area contributed by atoms with E-state index < -0.39 is 0 Å². The van der Waals surface area contributed by atoms with E-state index in [4.69, 9.17) is 16.3 Å². The Morgan fingerprint density at radius 2 is 2.07 bits per heavy atom. The van der Waals surface area contributed by atoms with Crippen molar-refractivity contribution in [3.8, 4) is 6.07 Å². The molecule has 41 heavy (non-hydrogen) atoms. The molecule has 1 spiro atoms. The zero-order valence-corrected chi connectivity index (χ0v) is 25.1. The molecule has 2 N–H and O–H groups in total. The Labute approximate surface area is 250 Å². The number of nitriles is 1. The predicted molar refractivity (Wildman–Crippen MR) is 160 cm³/mol. The van der Waals surface area contributed by atoms with Crippen molar-refractivity contribution in [3.05, 3.63) is 48.0 Å². The van der Waals surface area contributed by atoms with Gasteiger partial charge in [-0.25, -0.2) is 0 Å². The Morgan fingerprint density at radius 3 is 2.85 bits per heavy atom. The summed E-state index contributed by atoms with van der Waals surface area (Å²) in [5.41, 5.74) is 2.89. The highest BCUT2D eigenvalue weighted by atomic mass is 35.5. The van der Waals surface area contributed by atoms with E-state index in [0.717, 1.165) is 45.2 Å². The molecule has 1 saturated carbocycles. The molecule has 8 nitrogen and oxygen atoms in total. The van der Waals surface area contributed by atoms with E-state index in [1.165, 1.54) is 30.0 Å². The third kappa shape index (κ3) is 5.95. The van der Waals surface area contributed by atoms with Gasteiger partial charge in [0.15, 0.2) is 6.35 Å². The first-order valence-electron chi connectivity index (χ1n) is 15.5. The van der Waals surface area contributed by atoms with Crippen molar-refractivity contribution in [2.45, 2.75) is 87.4 Å². The molecule has 6 rings (SSSR count). The Bertz CT molecular complexity index is 1160. The summed E-state index contributed by atoms with van der Waals surface area (Å²) in [6.45, 7) is 7.56. The molecule has 222 valence electrons. The fourth-order valence-electron chi connectivity index (χ4n) is 8.48. The predicted octanol–water partition coefficient (Wildman–Crippen LogP) is 3.59. The lowest BCUT2D eigenvalue weighted by molar-refractivity contribution is -0.137. The number of carbonyl (C=O) groups excluding carboxylic acids is 1. The van der Waals surface area contributed by atoms with Crippen molar-refractivity contribution >= 4 is 17.5 Å². The molecule has 7 unspecified atom stereocenters. The molecule has 1 aromatic rings. The summed E-state index contributed by atoms with van der Waals surface area (Å²) >= 11 is 7.02. The summed E-state index contributed by atoms with van der Waals surface area (Å²) in [6, 6.07) is 11.6. The molecule has 8 atom stereocenters. The van der Waals surface area contributed by atoms with E-state index in [1.54, 1.807) is 0 Å². The number of carbonyl (C=O) groups is 1. The van der Waals surface area contributed by atoms with Crippen LogP contribution in [-0.4, -0.2) is 91.1 Å². The van der Waals surface area contributed by atoms with E-state index in [9.17, 15) is 10.1 Å². The van der Waals surface area contributed by atoms with Gasteiger partial charge in [0.1, 0.15) is 0 Å². The van der Waals surface area contributed by atoms with Gasteiger partial charge in [0, 0.05) is 37.6 Å². The van der Waals surface area contributed by atoms with Gasteiger partial charge >= 0.3 is 0 Å². The van der Waals surface area contributed by atoms with Crippen LogP contribution >= 0.6 is 11.6 Å². The number of amides is 1. The molecule has 0 bridgehead atoms. The van der Waals surface area contributed by atoms with E-state index in [2.05, 4.69) is 64.4 Å². The highest BCUT2D eigenvalue weighted by Gasteiger charge is 2.51. The van der Waals surface area contributed by atoms with Crippen LogP contribution in [0.25, 0.3) is 0 Å². The number of halogens is 1. The Balaban J connectivity index is 1.22. The van der Waals surface area contributed by atoms with Crippen molar-refractivity contribution in [2.24, 2.45) is 11.3 Å². The van der Waals surface area contributed by atoms with Crippen LogP contribution in [0.1, 0.15) is 61.4 Å². The van der Waals surface area contributed by atoms with Crippen molar-refractivity contribution in [1.82, 2.24) is 25.3 Å². The first kappa shape index (κ1) is 29.1. The Kier molecular flexibility index (Phi) is 8.74. The SMILES string of the molecule is C=CC(=O)N1CCN(C2NC(OCC3CCCN3C)NC3C[C@@]4(CCC32)Cc2ccccc2C(Cl)C4)CC1CC#N. The fourth-order valence-corrected chi connectivity index (χ4v) is 9.02. The smallest absolute Gasteiger partial charge is 0.246 e. The fraction of sp³-hybridized carbons (Fsp3) is 0.688. The lowest BCUT2D eigenvalue weighted by atomic mass is 9.59. The van der Waals surface area contributed by atoms with Crippen LogP contribution in [0.15, 0.2) is 36.9 Å². The van der Waals surface area contributed by atoms with Gasteiger partial charge < -0.3 is 14.5 Å². The monoisotopic (exact) mass is 580 g/mol. The molecule has 2 aliphatic carbocycles. The lowest BCUT2D eigenvalue weighted by Gasteiger charge is -2.56. The van der Waals surface area contributed by atoms with Crippen LogP contribution in [0.3, 0.4) is 0 Å². The minimum absolute atomic E-state index is 0.0566. The molecule has 5 aliphatic rings. The number of ether oxygens (including phenoxy) is 1. The van der Waals surface area contributed by atoms with Crippen molar-refractivity contribution < 1.29 is 9.53 Å². The number of hydrogen-bond donors (Lipinski definition) is 2. The van der Waals surface area contributed by atoms with Gasteiger partial charge in [-0.15, -0.1) is 11.6 Å². The minimum Gasteiger partial charge on any atom is -0.348 e. The van der Waals surface area contributed by atoms with Crippen LogP contribution in [0.2, 0.25) is 0 Å². The average Bonchev–Trinajstić information content (AvgIpc) is 3.39. The van der Waals surface area contributed by atoms with Crippen LogP contribution in [0.4, 0.5) is 0 Å². The Hall–Kier alpha value is -1.99. The summed E-state index contributed by atoms with van der Waals surface area (Å²) in [4.78, 5) is 19.3. The summed E-state index contributed by atoms with van der Waals surface area (Å²) in [6.07, 6.45) is 9.40. The van der Waals surface area contributed by atoms with Crippen molar-refractivity contribution in [2.75, 3.05) is 39.8 Å². The summed E-state index contributed by atoms with van der Waals surface area (Å²) < 4.78 is 6.56. The number of nitrogens with one attached hydrogen (secondary N) is 2. The first-order valence-corrected chi connectivity index (χ1v) is 15.9. The number of fused-ring (bicyclic) bond motifs is 2. The quantitative estimate of drug-likeness (QED) is 0.393. The van der Waals surface area contributed by atoms with Gasteiger partial charge in [0.2, 0.25) is 5.91 Å². The molecule has 9 heteroatoms. The third-order valence-electron chi connectivity index (χ3n) is 10.7. The van der Waals surface area contributed by atoms with E-state index in [0.29, 0.717) is 44.1 Å². The van der Waals surface area contributed by atoms with Gasteiger partial charge in [-0.3, -0.25) is 20.3 Å². The van der Waals surface area contributed by atoms with Gasteiger partial charge in [0.05, 0.1) is 36.7 Å². The maximum absolute atomic E-state index is 12.6. The summed E-state index contributed by atoms with van der Waals surface area (Å²) in [7, 11) is 2.19. The van der Waals surface area contributed by atoms with Gasteiger partial charge in [0.25, 0.3) is 0 Å². The minimum atomic E-state index is -0.240. The number of alkyl halides is 1. The molecular formula is C32H45ClN6O2. The molecule has 3 heterocycles. The van der Waals surface area contributed by atoms with Crippen LogP contribution in [0, 0.1) is 22.7 Å². The normalized spacial score (nSPS) is 37.8. The highest BCUT2D eigenvalue weighted by molar-refractivity contribution is 6.21. The largest absolute Gasteiger partial charge is 0.348 e. The van der Waals surface area contributed by atoms with E-state index >= 15 is 0 Å². The summed E-state index contributed by atoms with van der Waals surface area (Å²) in [5, 5.41) is 17.3. The number of hydrogen-bond acceptors (Lipinski definition) is 7. The average molecular weight is 581 g/mol. The topological polar surface area (TPSA) is 83.9 Å². The first-order chi connectivity index (χ1) is 19.9. The van der Waals surface area contributed by atoms with E-state index in [1.807, 2.05) is 4.90 Å². The maximum atomic E-state index is 12.6. The number of benzene rings is 1. The highest BCUT2D eigenvalue weighted by Crippen LogP contribution is 2.53. The van der Waals surface area contributed by atoms with E-state index in [-0.39, 0.29) is 35.3 Å². The molecule has 0 radical (unpaired) electrons. The second-order valence-corrected chi connectivity index (χ2v) is 13.6. The number of nitrogens with zero attached hydrogens (tertiary/aromatic N) is 4. The third-order valence-corrected chi connectivity index (χ3v) is 11.0. The van der Waals surface area contributed by atoms with Gasteiger partial charge in [-0.05, 0) is 81.2 Å². The van der Waals surface area contributed by atoms with Gasteiger partial charge in [-0.2, -0.15) is 5.26 Å². The number of piperazine rings is 1. The molecule has 1 amide bonds. The van der Waals surface area contributed by atoms with Crippen LogP contribution in [0.5, 0.6) is 0 Å². The maximum Gasteiger partial charge on any atom is 0.246 e. The zero-order chi connectivity index (χ0) is 28.6. The number of rotatable bonds is 6. The Morgan fingerprint density at radius 1 is 1.22 bits per heavy atom. The second-order valence-electron chi connectivity index (χ2n) is 13.1. The standard InChI is InChI=1S/C32H45ClN6O2/c1-3-29(40)39-16-15-38(20-23(39)11-13-34)30-26-10-12-32(17-22-7-4-5-9-25(22)27(33)18-32)19-28(26)35-31(36-30)41-21-24-8-6-14-37(24)2/h3-5,7,9,23-24,26-28,30-31,35-36H,1,6,8,10-12,14-21H2,2H3/t23?,24?,26?,27?,28?,30?,31?,32-/m0/s1. The summed E-state index contributed by atoms with van der Waals surface area (Å²) in [5.74, 6) is 0.320. The lowest BCUT2D eigenvalue weighted by Crippen LogP contribution is -2.72. The molecule has 3 saturated heterocycles. The molecule has 3 aliphatic heterocycles. The molecule has 4 fully saturated rings. The molecular weight excluding hydrogens is 536 g/mol. The van der Waals surface area contributed by atoms with Crippen molar-refractivity contribution in [3.63, 3.8) is 0 Å². The second kappa shape index (κ2) is 12.3. The number of likely N-dealkylation sites (N-methyl/N-ethyl adjacent to an activating group) is 1.